The molecule has 10 heterocycles. The van der Waals surface area contributed by atoms with Gasteiger partial charge in [-0.15, -0.1) is 0 Å². The zero-order chi connectivity index (χ0) is 64.5. The summed E-state index contributed by atoms with van der Waals surface area (Å²) in [5, 5.41) is 63.3. The molecule has 24 nitrogen and oxygen atoms in total. The molecule has 2 fully saturated rings. The lowest BCUT2D eigenvalue weighted by atomic mass is 10.0. The van der Waals surface area contributed by atoms with Gasteiger partial charge in [0.05, 0.1) is 47.4 Å². The van der Waals surface area contributed by atoms with Gasteiger partial charge in [0.15, 0.2) is 23.3 Å². The number of aromatic amines is 8. The third-order valence-electron chi connectivity index (χ3n) is 16.8. The van der Waals surface area contributed by atoms with Gasteiger partial charge in [-0.25, -0.2) is 24.3 Å². The fraction of sp³-hybridized carbons (Fsp3) is 0.304. The van der Waals surface area contributed by atoms with E-state index in [2.05, 4.69) is 172 Å². The number of halogens is 1. The Kier molecular flexibility index (Phi) is 18.8. The number of aryl methyl sites for hydroxylation is 2. The summed E-state index contributed by atoms with van der Waals surface area (Å²) in [6.45, 7) is 11.4. The van der Waals surface area contributed by atoms with Crippen molar-refractivity contribution in [3.63, 3.8) is 0 Å². The average Bonchev–Trinajstić information content (AvgIpc) is 1.75. The molecule has 0 atom stereocenters. The van der Waals surface area contributed by atoms with Crippen LogP contribution >= 0.6 is 0 Å². The second-order valence-electron chi connectivity index (χ2n) is 24.3. The van der Waals surface area contributed by atoms with Crippen molar-refractivity contribution in [2.45, 2.75) is 84.8 Å². The van der Waals surface area contributed by atoms with Gasteiger partial charge in [-0.2, -0.15) is 40.8 Å². The molecule has 2 aliphatic heterocycles. The molecule has 0 spiro atoms. The summed E-state index contributed by atoms with van der Waals surface area (Å²) in [5.41, 5.74) is 14.9. The van der Waals surface area contributed by atoms with E-state index in [4.69, 9.17) is 4.98 Å². The van der Waals surface area contributed by atoms with Crippen molar-refractivity contribution in [2.24, 2.45) is 0 Å². The first-order valence-electron chi connectivity index (χ1n) is 32.1. The molecule has 25 heteroatoms. The van der Waals surface area contributed by atoms with Crippen molar-refractivity contribution < 1.29 is 4.39 Å². The number of rotatable bonds is 17. The van der Waals surface area contributed by atoms with E-state index in [9.17, 15) is 4.39 Å². The molecular formula is C69H77FN24. The maximum atomic E-state index is 13.4. The van der Waals surface area contributed by atoms with Gasteiger partial charge in [0.2, 0.25) is 0 Å². The topological polar surface area (TPSA) is 294 Å². The molecule has 8 aromatic heterocycles. The fourth-order valence-electron chi connectivity index (χ4n) is 12.0. The van der Waals surface area contributed by atoms with E-state index in [0.717, 1.165) is 184 Å². The third kappa shape index (κ3) is 14.4. The van der Waals surface area contributed by atoms with Crippen LogP contribution < -0.4 is 4.90 Å². The third-order valence-corrected chi connectivity index (χ3v) is 16.8. The summed E-state index contributed by atoms with van der Waals surface area (Å²) in [6, 6.07) is 39.2. The molecule has 2 aliphatic rings. The Hall–Kier alpha value is -10.6. The second-order valence-corrected chi connectivity index (χ2v) is 24.3. The lowest BCUT2D eigenvalue weighted by molar-refractivity contribution is 0.323. The number of aromatic nitrogens is 20. The highest BCUT2D eigenvalue weighted by Gasteiger charge is 2.19. The van der Waals surface area contributed by atoms with Gasteiger partial charge in [-0.05, 0) is 176 Å². The molecule has 94 heavy (non-hydrogen) atoms. The Bertz CT molecular complexity index is 4760. The maximum absolute atomic E-state index is 13.4. The van der Waals surface area contributed by atoms with Gasteiger partial charge in [0, 0.05) is 86.1 Å². The van der Waals surface area contributed by atoms with Crippen LogP contribution in [0.3, 0.4) is 0 Å². The van der Waals surface area contributed by atoms with Crippen LogP contribution in [0.5, 0.6) is 0 Å². The number of nitrogens with one attached hydrogen (secondary N) is 8. The van der Waals surface area contributed by atoms with Crippen LogP contribution in [0.1, 0.15) is 81.2 Å². The number of likely N-dealkylation sites (tertiary alicyclic amines) is 2. The molecule has 0 radical (unpaired) electrons. The number of anilines is 1. The molecule has 0 saturated carbocycles. The maximum Gasteiger partial charge on any atom is 0.181 e. The van der Waals surface area contributed by atoms with Crippen molar-refractivity contribution in [3.8, 4) is 68.1 Å². The normalized spacial score (nSPS) is 13.4. The lowest BCUT2D eigenvalue weighted by Gasteiger charge is -2.12. The molecule has 0 unspecified atom stereocenters. The lowest BCUT2D eigenvalue weighted by Crippen LogP contribution is -2.19. The summed E-state index contributed by atoms with van der Waals surface area (Å²) >= 11 is 0. The molecule has 2 saturated heterocycles. The van der Waals surface area contributed by atoms with Crippen LogP contribution in [0.2, 0.25) is 0 Å². The van der Waals surface area contributed by atoms with Crippen LogP contribution in [0.25, 0.3) is 112 Å². The standard InChI is InChI=1S/C22H25N7.C17H22N6.C15H10FN5.C15H20N6/c1-28(2)17-8-5-15(6-9-17)21-18-13-16(7-10-19(18)24-26-21)22-23-20(25-27-22)14-29-11-3-4-12-29;1-2-5-14-13-10-12(6-7-15(13)20-19-14)17-18-16(21-22-17)11-23-8-3-4-9-23;16-11-3-1-2-9(6-11)14-12-7-10(15-17-8-18-21-15)4-5-13(12)19-20-14;1-4-5-12-11-8-10(6-7-13(11)18-17-12)15-16-14(19-20-15)9-21(2)3/h5-10,13H,3-4,11-12,14H2,1-2H3,(H,24,26)(H,23,25,27);6-7,10H,2-5,8-9,11H2,1H3,(H,19,20)(H,18,21,22);1-8H,(H,19,20)(H,17,18,21);6-8H,4-5,9H2,1-3H3,(H,17,18)(H,16,19,20). The van der Waals surface area contributed by atoms with Crippen molar-refractivity contribution in [1.82, 2.24) is 116 Å². The Morgan fingerprint density at radius 1 is 0.447 bits per heavy atom. The van der Waals surface area contributed by atoms with Crippen molar-refractivity contribution in [1.29, 1.82) is 0 Å². The van der Waals surface area contributed by atoms with E-state index >= 15 is 0 Å². The van der Waals surface area contributed by atoms with E-state index in [1.165, 1.54) is 66.6 Å². The first-order chi connectivity index (χ1) is 46.0. The van der Waals surface area contributed by atoms with Crippen LogP contribution in [0, 0.1) is 5.82 Å². The zero-order valence-electron chi connectivity index (χ0n) is 53.8. The van der Waals surface area contributed by atoms with E-state index in [1.54, 1.807) is 6.07 Å². The minimum absolute atomic E-state index is 0.282. The number of benzene rings is 6. The number of fused-ring (bicyclic) bond motifs is 4. The van der Waals surface area contributed by atoms with E-state index in [1.807, 2.05) is 88.9 Å². The Balaban J connectivity index is 0.000000115. The summed E-state index contributed by atoms with van der Waals surface area (Å²) in [7, 11) is 8.10. The average molecular weight is 1260 g/mol. The fourth-order valence-corrected chi connectivity index (χ4v) is 12.0. The van der Waals surface area contributed by atoms with Crippen LogP contribution in [-0.2, 0) is 32.5 Å². The van der Waals surface area contributed by atoms with Crippen LogP contribution in [0.15, 0.2) is 128 Å². The van der Waals surface area contributed by atoms with Gasteiger partial charge in [-0.3, -0.25) is 50.6 Å². The monoisotopic (exact) mass is 1260 g/mol. The van der Waals surface area contributed by atoms with Gasteiger partial charge in [0.25, 0.3) is 0 Å². The molecule has 16 rings (SSSR count). The predicted molar refractivity (Wildman–Crippen MR) is 365 cm³/mol. The molecule has 0 aliphatic carbocycles. The molecule has 480 valence electrons. The predicted octanol–water partition coefficient (Wildman–Crippen LogP) is 12.1. The number of H-pyrrole nitrogens is 8. The van der Waals surface area contributed by atoms with Crippen molar-refractivity contribution in [3.05, 3.63) is 162 Å². The van der Waals surface area contributed by atoms with E-state index in [0.29, 0.717) is 11.5 Å². The Labute approximate surface area is 542 Å². The molecule has 8 N–H and O–H groups in total. The molecule has 6 aromatic carbocycles. The molecule has 0 amide bonds. The Morgan fingerprint density at radius 3 is 1.43 bits per heavy atom. The largest absolute Gasteiger partial charge is 0.378 e. The highest BCUT2D eigenvalue weighted by molar-refractivity contribution is 5.96. The summed E-state index contributed by atoms with van der Waals surface area (Å²) in [4.78, 5) is 27.1. The SMILES string of the molecule is CCCc1[nH]nc2ccc(-c3n[nH]c(CN(C)C)n3)cc12.CCCc1[nH]nc2ccc(-c3n[nH]c(CN4CCCC4)n3)cc12.CN(C)c1ccc(-c2n[nH]c3ccc(-c4n[nH]c(CN5CCCC5)n4)cc23)cc1.Fc1cccc(-c2n[nH]c3ccc(-c4ncn[nH]4)cc23)c1. The van der Waals surface area contributed by atoms with Gasteiger partial charge in [-0.1, -0.05) is 51.0 Å². The van der Waals surface area contributed by atoms with E-state index < -0.39 is 0 Å². The molecule has 0 bridgehead atoms. The number of hydrogen-bond donors (Lipinski definition) is 8. The van der Waals surface area contributed by atoms with Crippen LogP contribution in [-0.4, -0.2) is 171 Å². The number of hydrogen-bond acceptors (Lipinski definition) is 16. The minimum Gasteiger partial charge on any atom is -0.378 e. The van der Waals surface area contributed by atoms with Crippen molar-refractivity contribution in [2.75, 3.05) is 59.3 Å². The first kappa shape index (κ1) is 62.2. The zero-order valence-corrected chi connectivity index (χ0v) is 53.8. The number of nitrogens with zero attached hydrogens (tertiary/aromatic N) is 16. The molecule has 14 aromatic rings. The van der Waals surface area contributed by atoms with E-state index in [-0.39, 0.29) is 5.82 Å². The summed E-state index contributed by atoms with van der Waals surface area (Å²) in [5.74, 6) is 5.38. The smallest absolute Gasteiger partial charge is 0.181 e. The second kappa shape index (κ2) is 28.5. The molecular weight excluding hydrogens is 1180 g/mol. The quantitative estimate of drug-likeness (QED) is 0.0420. The van der Waals surface area contributed by atoms with Crippen molar-refractivity contribution >= 4 is 49.3 Å². The van der Waals surface area contributed by atoms with Gasteiger partial charge in [0.1, 0.15) is 35.3 Å². The summed E-state index contributed by atoms with van der Waals surface area (Å²) < 4.78 is 13.4. The first-order valence-corrected chi connectivity index (χ1v) is 32.1. The highest BCUT2D eigenvalue weighted by atomic mass is 19.1. The Morgan fingerprint density at radius 2 is 0.926 bits per heavy atom. The van der Waals surface area contributed by atoms with Gasteiger partial charge >= 0.3 is 0 Å². The minimum atomic E-state index is -0.282. The van der Waals surface area contributed by atoms with Crippen LogP contribution in [0.4, 0.5) is 10.1 Å². The van der Waals surface area contributed by atoms with Gasteiger partial charge < -0.3 is 9.80 Å². The summed E-state index contributed by atoms with van der Waals surface area (Å²) in [6.07, 6.45) is 10.8. The highest BCUT2D eigenvalue weighted by Crippen LogP contribution is 2.33.